The Balaban J connectivity index is 1.70. The molecule has 148 valence electrons. The largest absolute Gasteiger partial charge is 0.493 e. The van der Waals surface area contributed by atoms with Crippen LogP contribution in [0.4, 0.5) is 0 Å². The molecule has 1 amide bonds. The number of carbonyl (C=O) groups is 1. The second-order valence-corrected chi connectivity index (χ2v) is 8.79. The molecule has 2 saturated heterocycles. The minimum atomic E-state index is -0.156. The van der Waals surface area contributed by atoms with Crippen molar-refractivity contribution >= 4 is 5.91 Å². The molecule has 1 aromatic rings. The minimum absolute atomic E-state index is 0.107. The maximum atomic E-state index is 13.1. The highest BCUT2D eigenvalue weighted by molar-refractivity contribution is 5.83. The predicted octanol–water partition coefficient (Wildman–Crippen LogP) is 3.07. The lowest BCUT2D eigenvalue weighted by atomic mass is 9.56. The monoisotopic (exact) mass is 372 g/mol. The summed E-state index contributed by atoms with van der Waals surface area (Å²) in [6.07, 6.45) is 6.35. The van der Waals surface area contributed by atoms with Crippen LogP contribution in [0.1, 0.15) is 44.1 Å². The van der Waals surface area contributed by atoms with Crippen molar-refractivity contribution in [2.45, 2.75) is 50.0 Å². The summed E-state index contributed by atoms with van der Waals surface area (Å²) in [5, 5.41) is 0. The lowest BCUT2D eigenvalue weighted by Gasteiger charge is -2.52. The average Bonchev–Trinajstić information content (AvgIpc) is 3.02. The fourth-order valence-corrected chi connectivity index (χ4v) is 6.01. The van der Waals surface area contributed by atoms with Crippen LogP contribution in [0.15, 0.2) is 18.2 Å². The van der Waals surface area contributed by atoms with Gasteiger partial charge in [-0.05, 0) is 69.8 Å². The van der Waals surface area contributed by atoms with Gasteiger partial charge in [-0.1, -0.05) is 6.07 Å². The predicted molar refractivity (Wildman–Crippen MR) is 105 cm³/mol. The molecule has 1 aromatic carbocycles. The Labute approximate surface area is 162 Å². The number of methoxy groups -OCH3 is 2. The third kappa shape index (κ3) is 2.74. The van der Waals surface area contributed by atoms with Crippen LogP contribution in [0.2, 0.25) is 0 Å². The van der Waals surface area contributed by atoms with Gasteiger partial charge in [0.05, 0.1) is 19.6 Å². The summed E-state index contributed by atoms with van der Waals surface area (Å²) in [4.78, 5) is 17.5. The second-order valence-electron chi connectivity index (χ2n) is 8.79. The van der Waals surface area contributed by atoms with E-state index in [4.69, 9.17) is 9.47 Å². The van der Waals surface area contributed by atoms with Crippen LogP contribution in [-0.2, 0) is 10.2 Å². The van der Waals surface area contributed by atoms with Gasteiger partial charge in [-0.2, -0.15) is 0 Å². The van der Waals surface area contributed by atoms with Gasteiger partial charge < -0.3 is 19.3 Å². The van der Waals surface area contributed by atoms with Gasteiger partial charge in [0.1, 0.15) is 0 Å². The van der Waals surface area contributed by atoms with Crippen molar-refractivity contribution in [2.24, 2.45) is 5.41 Å². The molecule has 3 aliphatic rings. The van der Waals surface area contributed by atoms with Crippen molar-refractivity contribution in [1.82, 2.24) is 9.80 Å². The first-order valence-corrected chi connectivity index (χ1v) is 10.1. The smallest absolute Gasteiger partial charge is 0.228 e. The topological polar surface area (TPSA) is 42.0 Å². The van der Waals surface area contributed by atoms with Crippen molar-refractivity contribution in [1.29, 1.82) is 0 Å². The number of benzene rings is 1. The number of nitrogens with zero attached hydrogens (tertiary/aromatic N) is 2. The molecular weight excluding hydrogens is 340 g/mol. The van der Waals surface area contributed by atoms with E-state index < -0.39 is 0 Å². The Kier molecular flexibility index (Phi) is 4.61. The summed E-state index contributed by atoms with van der Waals surface area (Å²) in [5.74, 6) is 1.94. The second kappa shape index (κ2) is 6.69. The van der Waals surface area contributed by atoms with Crippen molar-refractivity contribution in [3.8, 4) is 11.5 Å². The molecule has 0 radical (unpaired) electrons. The van der Waals surface area contributed by atoms with E-state index in [9.17, 15) is 4.79 Å². The van der Waals surface area contributed by atoms with Crippen LogP contribution >= 0.6 is 0 Å². The maximum Gasteiger partial charge on any atom is 0.228 e. The molecule has 1 spiro atoms. The third-order valence-electron chi connectivity index (χ3n) is 7.62. The van der Waals surface area contributed by atoms with Gasteiger partial charge in [-0.3, -0.25) is 4.79 Å². The Morgan fingerprint density at radius 1 is 1.00 bits per heavy atom. The molecule has 3 unspecified atom stereocenters. The number of hydrogen-bond donors (Lipinski definition) is 0. The third-order valence-corrected chi connectivity index (χ3v) is 7.62. The fraction of sp³-hybridized carbons (Fsp3) is 0.682. The molecule has 27 heavy (non-hydrogen) atoms. The molecule has 5 heteroatoms. The van der Waals surface area contributed by atoms with Crippen LogP contribution in [-0.4, -0.2) is 63.2 Å². The van der Waals surface area contributed by atoms with Crippen LogP contribution < -0.4 is 9.47 Å². The van der Waals surface area contributed by atoms with E-state index in [1.807, 2.05) is 18.0 Å². The van der Waals surface area contributed by atoms with E-state index in [0.29, 0.717) is 11.9 Å². The fourth-order valence-electron chi connectivity index (χ4n) is 6.01. The number of rotatable bonds is 3. The van der Waals surface area contributed by atoms with E-state index in [1.165, 1.54) is 5.56 Å². The van der Waals surface area contributed by atoms with Gasteiger partial charge >= 0.3 is 0 Å². The maximum absolute atomic E-state index is 13.1. The Hall–Kier alpha value is -1.75. The number of likely N-dealkylation sites (tertiary alicyclic amines) is 2. The summed E-state index contributed by atoms with van der Waals surface area (Å²) in [7, 11) is 7.57. The van der Waals surface area contributed by atoms with E-state index in [1.54, 1.807) is 14.2 Å². The average molecular weight is 373 g/mol. The van der Waals surface area contributed by atoms with Crippen LogP contribution in [0.5, 0.6) is 11.5 Å². The summed E-state index contributed by atoms with van der Waals surface area (Å²) >= 11 is 0. The van der Waals surface area contributed by atoms with Gasteiger partial charge in [0.15, 0.2) is 11.5 Å². The van der Waals surface area contributed by atoms with Gasteiger partial charge in [-0.15, -0.1) is 0 Å². The summed E-state index contributed by atoms with van der Waals surface area (Å²) in [6, 6.07) is 6.81. The first-order valence-electron chi connectivity index (χ1n) is 10.1. The van der Waals surface area contributed by atoms with Crippen molar-refractivity contribution in [3.63, 3.8) is 0 Å². The Morgan fingerprint density at radius 3 is 2.52 bits per heavy atom. The molecule has 1 saturated carbocycles. The van der Waals surface area contributed by atoms with Crippen molar-refractivity contribution < 1.29 is 14.3 Å². The lowest BCUT2D eigenvalue weighted by molar-refractivity contribution is -0.149. The number of likely N-dealkylation sites (N-methyl/N-ethyl adjacent to an activating group) is 1. The number of carbonyl (C=O) groups excluding carboxylic acids is 1. The zero-order valence-corrected chi connectivity index (χ0v) is 17.1. The van der Waals surface area contributed by atoms with Gasteiger partial charge in [0.2, 0.25) is 5.91 Å². The quantitative estimate of drug-likeness (QED) is 0.818. The lowest BCUT2D eigenvalue weighted by Crippen LogP contribution is -2.56. The SMILES string of the molecule is COc1ccc(C23CCN(C)C2CC2(CCCN(C)C2=O)CC3)cc1OC. The van der Waals surface area contributed by atoms with Gasteiger partial charge in [0.25, 0.3) is 0 Å². The number of hydrogen-bond acceptors (Lipinski definition) is 4. The summed E-state index contributed by atoms with van der Waals surface area (Å²) in [5.41, 5.74) is 1.28. The first kappa shape index (κ1) is 18.6. The first-order chi connectivity index (χ1) is 13.0. The number of piperidine rings is 1. The molecule has 2 heterocycles. The molecule has 0 bridgehead atoms. The molecule has 4 rings (SSSR count). The molecule has 1 aliphatic carbocycles. The highest BCUT2D eigenvalue weighted by Gasteiger charge is 2.57. The Morgan fingerprint density at radius 2 is 1.78 bits per heavy atom. The molecular formula is C22H32N2O3. The van der Waals surface area contributed by atoms with E-state index in [0.717, 1.165) is 63.1 Å². The summed E-state index contributed by atoms with van der Waals surface area (Å²) < 4.78 is 11.0. The summed E-state index contributed by atoms with van der Waals surface area (Å²) in [6.45, 7) is 1.99. The normalized spacial score (nSPS) is 34.0. The van der Waals surface area contributed by atoms with Crippen molar-refractivity contribution in [2.75, 3.05) is 41.4 Å². The van der Waals surface area contributed by atoms with E-state index in [2.05, 4.69) is 24.1 Å². The van der Waals surface area contributed by atoms with Gasteiger partial charge in [-0.25, -0.2) is 0 Å². The molecule has 5 nitrogen and oxygen atoms in total. The molecule has 3 fully saturated rings. The molecule has 0 N–H and O–H groups in total. The number of amides is 1. The minimum Gasteiger partial charge on any atom is -0.493 e. The standard InChI is InChI=1S/C22H32N2O3/c1-23-13-11-22(16-6-7-17(26-3)18(14-16)27-4)10-9-21(15-19(22)23)8-5-12-24(2)20(21)25/h6-7,14,19H,5,8-13,15H2,1-4H3. The van der Waals surface area contributed by atoms with Crippen molar-refractivity contribution in [3.05, 3.63) is 23.8 Å². The highest BCUT2D eigenvalue weighted by atomic mass is 16.5. The van der Waals surface area contributed by atoms with Crippen LogP contribution in [0, 0.1) is 5.41 Å². The molecule has 2 aliphatic heterocycles. The highest BCUT2D eigenvalue weighted by Crippen LogP contribution is 2.56. The molecule has 0 aromatic heterocycles. The van der Waals surface area contributed by atoms with Crippen LogP contribution in [0.25, 0.3) is 0 Å². The van der Waals surface area contributed by atoms with E-state index in [-0.39, 0.29) is 10.8 Å². The number of ether oxygens (including phenoxy) is 2. The zero-order valence-electron chi connectivity index (χ0n) is 17.1. The zero-order chi connectivity index (χ0) is 19.2. The van der Waals surface area contributed by atoms with Crippen LogP contribution in [0.3, 0.4) is 0 Å². The number of fused-ring (bicyclic) bond motifs is 1. The Bertz CT molecular complexity index is 736. The van der Waals surface area contributed by atoms with E-state index >= 15 is 0 Å². The molecule has 3 atom stereocenters. The van der Waals surface area contributed by atoms with Gasteiger partial charge in [0, 0.05) is 25.0 Å².